The van der Waals surface area contributed by atoms with Gasteiger partial charge in [0.05, 0.1) is 25.3 Å². The third-order valence-corrected chi connectivity index (χ3v) is 6.08. The normalized spacial score (nSPS) is 29.1. The van der Waals surface area contributed by atoms with E-state index in [-0.39, 0.29) is 29.7 Å². The molecule has 0 radical (unpaired) electrons. The largest absolute Gasteiger partial charge is 0.378 e. The van der Waals surface area contributed by atoms with Gasteiger partial charge in [0.15, 0.2) is 0 Å². The summed E-state index contributed by atoms with van der Waals surface area (Å²) in [7, 11) is 1.89. The van der Waals surface area contributed by atoms with Crippen molar-refractivity contribution in [3.05, 3.63) is 18.0 Å². The highest BCUT2D eigenvalue weighted by Gasteiger charge is 2.42. The maximum absolute atomic E-state index is 13.5. The van der Waals surface area contributed by atoms with Crippen LogP contribution < -0.4 is 5.32 Å². The summed E-state index contributed by atoms with van der Waals surface area (Å²) in [4.78, 5) is 30.3. The van der Waals surface area contributed by atoms with Crippen molar-refractivity contribution in [2.45, 2.75) is 31.2 Å². The fourth-order valence-electron chi connectivity index (χ4n) is 4.58. The molecule has 3 aliphatic heterocycles. The fraction of sp³-hybridized carbons (Fsp3) is 0.737. The Morgan fingerprint density at radius 1 is 1.15 bits per heavy atom. The van der Waals surface area contributed by atoms with Gasteiger partial charge in [-0.1, -0.05) is 0 Å². The first kappa shape index (κ1) is 18.4. The molecule has 0 saturated carbocycles. The third kappa shape index (κ3) is 3.73. The van der Waals surface area contributed by atoms with Crippen LogP contribution in [0.1, 0.15) is 30.7 Å². The van der Waals surface area contributed by atoms with Gasteiger partial charge >= 0.3 is 0 Å². The van der Waals surface area contributed by atoms with Crippen molar-refractivity contribution in [2.75, 3.05) is 45.9 Å². The van der Waals surface area contributed by atoms with Crippen molar-refractivity contribution < 1.29 is 14.3 Å². The first-order chi connectivity index (χ1) is 13.1. The van der Waals surface area contributed by atoms with Crippen LogP contribution in [0.25, 0.3) is 0 Å². The first-order valence-electron chi connectivity index (χ1n) is 10.0. The monoisotopic (exact) mass is 375 g/mol. The molecule has 4 heterocycles. The highest BCUT2D eigenvalue weighted by Crippen LogP contribution is 2.31. The molecule has 3 saturated heterocycles. The molecule has 3 atom stereocenters. The Kier molecular flexibility index (Phi) is 5.45. The van der Waals surface area contributed by atoms with E-state index in [2.05, 4.69) is 10.4 Å². The number of rotatable bonds is 3. The van der Waals surface area contributed by atoms with E-state index in [1.165, 1.54) is 0 Å². The number of aryl methyl sites for hydroxylation is 1. The number of hydrogen-bond donors (Lipinski definition) is 1. The maximum Gasteiger partial charge on any atom is 0.245 e. The van der Waals surface area contributed by atoms with Crippen LogP contribution in [0, 0.1) is 5.92 Å². The van der Waals surface area contributed by atoms with Gasteiger partial charge in [0, 0.05) is 51.9 Å². The van der Waals surface area contributed by atoms with Crippen LogP contribution >= 0.6 is 0 Å². The number of carbonyl (C=O) groups is 2. The van der Waals surface area contributed by atoms with Gasteiger partial charge in [0.2, 0.25) is 11.8 Å². The number of likely N-dealkylation sites (tertiary alicyclic amines) is 1. The van der Waals surface area contributed by atoms with Crippen molar-refractivity contribution in [1.29, 1.82) is 0 Å². The lowest BCUT2D eigenvalue weighted by molar-refractivity contribution is -0.152. The molecule has 1 aromatic heterocycles. The Morgan fingerprint density at radius 3 is 2.70 bits per heavy atom. The molecule has 4 rings (SSSR count). The lowest BCUT2D eigenvalue weighted by atomic mass is 9.88. The fourth-order valence-corrected chi connectivity index (χ4v) is 4.58. The van der Waals surface area contributed by atoms with Gasteiger partial charge in [-0.2, -0.15) is 5.10 Å². The predicted molar refractivity (Wildman–Crippen MR) is 99.1 cm³/mol. The topological polar surface area (TPSA) is 79.7 Å². The first-order valence-corrected chi connectivity index (χ1v) is 10.0. The van der Waals surface area contributed by atoms with Crippen molar-refractivity contribution in [1.82, 2.24) is 24.9 Å². The molecule has 1 unspecified atom stereocenters. The molecule has 8 nitrogen and oxygen atoms in total. The molecular formula is C19H29N5O3. The van der Waals surface area contributed by atoms with E-state index in [1.54, 1.807) is 4.68 Å². The van der Waals surface area contributed by atoms with E-state index in [4.69, 9.17) is 4.74 Å². The molecule has 0 bridgehead atoms. The summed E-state index contributed by atoms with van der Waals surface area (Å²) in [5.41, 5.74) is 1.09. The Balaban J connectivity index is 1.50. The zero-order chi connectivity index (χ0) is 18.8. The molecule has 148 valence electrons. The molecule has 27 heavy (non-hydrogen) atoms. The second-order valence-electron chi connectivity index (χ2n) is 7.80. The van der Waals surface area contributed by atoms with Gasteiger partial charge in [-0.15, -0.1) is 0 Å². The number of ether oxygens (including phenoxy) is 1. The molecule has 2 amide bonds. The van der Waals surface area contributed by atoms with Gasteiger partial charge < -0.3 is 19.9 Å². The third-order valence-electron chi connectivity index (χ3n) is 6.08. The summed E-state index contributed by atoms with van der Waals surface area (Å²) < 4.78 is 7.15. The number of nitrogens with one attached hydrogen (secondary N) is 1. The Hall–Kier alpha value is -1.93. The van der Waals surface area contributed by atoms with Crippen LogP contribution in [0.3, 0.4) is 0 Å². The van der Waals surface area contributed by atoms with Crippen molar-refractivity contribution >= 4 is 11.8 Å². The molecule has 3 fully saturated rings. The summed E-state index contributed by atoms with van der Waals surface area (Å²) in [6.45, 7) is 4.53. The maximum atomic E-state index is 13.5. The minimum Gasteiger partial charge on any atom is -0.378 e. The number of hydrogen-bond acceptors (Lipinski definition) is 5. The lowest BCUT2D eigenvalue weighted by Gasteiger charge is -2.40. The van der Waals surface area contributed by atoms with Crippen LogP contribution in [0.15, 0.2) is 12.4 Å². The van der Waals surface area contributed by atoms with Crippen LogP contribution in [0.5, 0.6) is 0 Å². The minimum absolute atomic E-state index is 0.0928. The second kappa shape index (κ2) is 7.98. The highest BCUT2D eigenvalue weighted by molar-refractivity contribution is 5.89. The quantitative estimate of drug-likeness (QED) is 0.802. The predicted octanol–water partition coefficient (Wildman–Crippen LogP) is -0.0370. The van der Waals surface area contributed by atoms with E-state index in [0.717, 1.165) is 31.4 Å². The van der Waals surface area contributed by atoms with Gasteiger partial charge in [-0.05, 0) is 24.8 Å². The SMILES string of the molecule is Cn1cc([C@H]2CNC[C@@H]2C(=O)N2CCCCC2C(=O)N2CCOCC2)cn1. The standard InChI is InChI=1S/C19H29N5O3/c1-22-13-14(10-21-22)15-11-20-12-16(15)18(25)24-5-3-2-4-17(24)19(26)23-6-8-27-9-7-23/h10,13,15-17,20H,2-9,11-12H2,1H3/t15-,16+,17?/m1/s1. The molecular weight excluding hydrogens is 346 g/mol. The van der Waals surface area contributed by atoms with E-state index < -0.39 is 0 Å². The van der Waals surface area contributed by atoms with Crippen LogP contribution in [0.4, 0.5) is 0 Å². The lowest BCUT2D eigenvalue weighted by Crippen LogP contribution is -2.56. The minimum atomic E-state index is -0.320. The molecule has 0 spiro atoms. The van der Waals surface area contributed by atoms with Crippen molar-refractivity contribution in [3.8, 4) is 0 Å². The number of amides is 2. The van der Waals surface area contributed by atoms with Crippen molar-refractivity contribution in [3.63, 3.8) is 0 Å². The molecule has 1 aromatic rings. The Morgan fingerprint density at radius 2 is 1.96 bits per heavy atom. The van der Waals surface area contributed by atoms with E-state index in [0.29, 0.717) is 39.4 Å². The Bertz CT molecular complexity index is 685. The van der Waals surface area contributed by atoms with E-state index in [1.807, 2.05) is 29.2 Å². The van der Waals surface area contributed by atoms with Gasteiger partial charge in [-0.3, -0.25) is 14.3 Å². The Labute approximate surface area is 159 Å². The average Bonchev–Trinajstić information content (AvgIpc) is 3.36. The molecule has 1 N–H and O–H groups in total. The number of morpholine rings is 1. The molecule has 0 aliphatic carbocycles. The van der Waals surface area contributed by atoms with Gasteiger partial charge in [0.1, 0.15) is 6.04 Å². The summed E-state index contributed by atoms with van der Waals surface area (Å²) in [6, 6.07) is -0.320. The van der Waals surface area contributed by atoms with Crippen molar-refractivity contribution in [2.24, 2.45) is 13.0 Å². The number of carbonyl (C=O) groups excluding carboxylic acids is 2. The van der Waals surface area contributed by atoms with Crippen LogP contribution in [0.2, 0.25) is 0 Å². The molecule has 8 heteroatoms. The summed E-state index contributed by atoms with van der Waals surface area (Å²) >= 11 is 0. The van der Waals surface area contributed by atoms with Crippen LogP contribution in [-0.4, -0.2) is 83.4 Å². The number of nitrogens with zero attached hydrogens (tertiary/aromatic N) is 4. The second-order valence-corrected chi connectivity index (χ2v) is 7.80. The zero-order valence-corrected chi connectivity index (χ0v) is 16.0. The highest BCUT2D eigenvalue weighted by atomic mass is 16.5. The smallest absolute Gasteiger partial charge is 0.245 e. The van der Waals surface area contributed by atoms with E-state index in [9.17, 15) is 9.59 Å². The number of aromatic nitrogens is 2. The van der Waals surface area contributed by atoms with E-state index >= 15 is 0 Å². The van der Waals surface area contributed by atoms with Gasteiger partial charge in [0.25, 0.3) is 0 Å². The average molecular weight is 375 g/mol. The van der Waals surface area contributed by atoms with Crippen LogP contribution in [-0.2, 0) is 21.4 Å². The molecule has 0 aromatic carbocycles. The summed E-state index contributed by atoms with van der Waals surface area (Å²) in [5, 5.41) is 7.62. The number of piperidine rings is 1. The summed E-state index contributed by atoms with van der Waals surface area (Å²) in [5.74, 6) is 0.190. The zero-order valence-electron chi connectivity index (χ0n) is 16.0. The summed E-state index contributed by atoms with van der Waals surface area (Å²) in [6.07, 6.45) is 6.57. The van der Waals surface area contributed by atoms with Gasteiger partial charge in [-0.25, -0.2) is 0 Å². The molecule has 3 aliphatic rings.